The Balaban J connectivity index is 2.16. The Hall–Kier alpha value is -2.34. The third-order valence-corrected chi connectivity index (χ3v) is 3.79. The van der Waals surface area contributed by atoms with Gasteiger partial charge in [-0.2, -0.15) is 0 Å². The molecule has 0 fully saturated rings. The lowest BCUT2D eigenvalue weighted by molar-refractivity contribution is 0.410. The Morgan fingerprint density at radius 2 is 2.20 bits per heavy atom. The Bertz CT molecular complexity index is 738. The van der Waals surface area contributed by atoms with E-state index in [9.17, 15) is 4.39 Å². The summed E-state index contributed by atoms with van der Waals surface area (Å²) >= 11 is 1.49. The van der Waals surface area contributed by atoms with Crippen LogP contribution in [0.3, 0.4) is 0 Å². The van der Waals surface area contributed by atoms with Gasteiger partial charge in [-0.3, -0.25) is 0 Å². The van der Waals surface area contributed by atoms with Crippen molar-refractivity contribution in [1.29, 1.82) is 0 Å². The van der Waals surface area contributed by atoms with Crippen LogP contribution in [0.2, 0.25) is 0 Å². The number of nitrogen functional groups attached to an aromatic ring is 1. The van der Waals surface area contributed by atoms with Crippen molar-refractivity contribution < 1.29 is 13.7 Å². The Labute approximate surface area is 118 Å². The summed E-state index contributed by atoms with van der Waals surface area (Å²) < 4.78 is 24.3. The molecule has 3 aromatic rings. The van der Waals surface area contributed by atoms with Crippen LogP contribution in [0.15, 0.2) is 40.2 Å². The van der Waals surface area contributed by atoms with E-state index in [2.05, 4.69) is 5.16 Å². The summed E-state index contributed by atoms with van der Waals surface area (Å²) in [6, 6.07) is 8.33. The summed E-state index contributed by atoms with van der Waals surface area (Å²) in [5.41, 5.74) is 6.75. The van der Waals surface area contributed by atoms with Gasteiger partial charge in [-0.25, -0.2) is 4.39 Å². The standard InChI is InChI=1S/C14H11FN2O2S/c1-18-8-4-5-9(10(15)7-8)13-12(14(16)17-19-13)11-3-2-6-20-11/h2-7H,1H3,(H2,16,17). The summed E-state index contributed by atoms with van der Waals surface area (Å²) in [4.78, 5) is 0.883. The van der Waals surface area contributed by atoms with Gasteiger partial charge in [0.1, 0.15) is 11.6 Å². The van der Waals surface area contributed by atoms with E-state index in [0.29, 0.717) is 22.6 Å². The van der Waals surface area contributed by atoms with Gasteiger partial charge < -0.3 is 15.0 Å². The molecule has 1 aromatic carbocycles. The zero-order valence-electron chi connectivity index (χ0n) is 10.6. The molecule has 2 aromatic heterocycles. The van der Waals surface area contributed by atoms with Gasteiger partial charge in [0.15, 0.2) is 11.6 Å². The predicted molar refractivity (Wildman–Crippen MR) is 76.2 cm³/mol. The first-order valence-electron chi connectivity index (χ1n) is 5.83. The van der Waals surface area contributed by atoms with E-state index in [1.807, 2.05) is 17.5 Å². The Morgan fingerprint density at radius 1 is 1.35 bits per heavy atom. The summed E-state index contributed by atoms with van der Waals surface area (Å²) in [6.07, 6.45) is 0. The molecule has 0 saturated heterocycles. The highest BCUT2D eigenvalue weighted by atomic mass is 32.1. The summed E-state index contributed by atoms with van der Waals surface area (Å²) in [7, 11) is 1.48. The lowest BCUT2D eigenvalue weighted by Crippen LogP contribution is -1.90. The van der Waals surface area contributed by atoms with Crippen LogP contribution >= 0.6 is 11.3 Å². The van der Waals surface area contributed by atoms with Gasteiger partial charge in [-0.1, -0.05) is 11.2 Å². The van der Waals surface area contributed by atoms with E-state index in [1.54, 1.807) is 12.1 Å². The van der Waals surface area contributed by atoms with Crippen molar-refractivity contribution in [2.24, 2.45) is 0 Å². The molecule has 0 aliphatic rings. The van der Waals surface area contributed by atoms with Gasteiger partial charge in [0.25, 0.3) is 0 Å². The predicted octanol–water partition coefficient (Wildman–Crippen LogP) is 3.80. The minimum absolute atomic E-state index is 0.248. The van der Waals surface area contributed by atoms with Gasteiger partial charge in [0.05, 0.1) is 18.2 Å². The second-order valence-corrected chi connectivity index (χ2v) is 5.04. The largest absolute Gasteiger partial charge is 0.497 e. The van der Waals surface area contributed by atoms with Gasteiger partial charge in [0.2, 0.25) is 0 Å². The molecule has 0 aliphatic heterocycles. The van der Waals surface area contributed by atoms with Crippen molar-refractivity contribution in [2.45, 2.75) is 0 Å². The van der Waals surface area contributed by atoms with E-state index < -0.39 is 5.82 Å². The van der Waals surface area contributed by atoms with Crippen LogP contribution in [0.4, 0.5) is 10.2 Å². The second kappa shape index (κ2) is 4.97. The van der Waals surface area contributed by atoms with E-state index >= 15 is 0 Å². The fourth-order valence-electron chi connectivity index (χ4n) is 1.95. The SMILES string of the molecule is COc1ccc(-c2onc(N)c2-c2cccs2)c(F)c1. The van der Waals surface area contributed by atoms with Crippen LogP contribution in [0, 0.1) is 5.82 Å². The molecule has 20 heavy (non-hydrogen) atoms. The quantitative estimate of drug-likeness (QED) is 0.797. The van der Waals surface area contributed by atoms with E-state index in [1.165, 1.54) is 24.5 Å². The Morgan fingerprint density at radius 3 is 2.85 bits per heavy atom. The zero-order chi connectivity index (χ0) is 14.1. The van der Waals surface area contributed by atoms with Crippen molar-refractivity contribution in [2.75, 3.05) is 12.8 Å². The Kier molecular flexibility index (Phi) is 3.15. The van der Waals surface area contributed by atoms with Crippen molar-refractivity contribution in [3.05, 3.63) is 41.5 Å². The first-order chi connectivity index (χ1) is 9.70. The van der Waals surface area contributed by atoms with Gasteiger partial charge in [-0.15, -0.1) is 11.3 Å². The van der Waals surface area contributed by atoms with Crippen LogP contribution in [-0.2, 0) is 0 Å². The van der Waals surface area contributed by atoms with Gasteiger partial charge in [0, 0.05) is 10.9 Å². The molecule has 102 valence electrons. The molecule has 2 heterocycles. The van der Waals surface area contributed by atoms with E-state index in [-0.39, 0.29) is 5.82 Å². The summed E-state index contributed by atoms with van der Waals surface area (Å²) in [6.45, 7) is 0. The third-order valence-electron chi connectivity index (χ3n) is 2.91. The molecule has 2 N–H and O–H groups in total. The molecule has 0 saturated carbocycles. The van der Waals surface area contributed by atoms with Crippen LogP contribution < -0.4 is 10.5 Å². The van der Waals surface area contributed by atoms with Crippen molar-refractivity contribution >= 4 is 17.2 Å². The zero-order valence-corrected chi connectivity index (χ0v) is 11.4. The average Bonchev–Trinajstić information content (AvgIpc) is 3.07. The van der Waals surface area contributed by atoms with Crippen molar-refractivity contribution in [3.8, 4) is 27.5 Å². The maximum atomic E-state index is 14.1. The van der Waals surface area contributed by atoms with Gasteiger partial charge in [-0.05, 0) is 23.6 Å². The maximum absolute atomic E-state index is 14.1. The number of nitrogens with two attached hydrogens (primary N) is 1. The molecule has 0 atom stereocenters. The van der Waals surface area contributed by atoms with E-state index in [4.69, 9.17) is 15.0 Å². The third kappa shape index (κ3) is 2.04. The average molecular weight is 290 g/mol. The van der Waals surface area contributed by atoms with Crippen LogP contribution in [-0.4, -0.2) is 12.3 Å². The van der Waals surface area contributed by atoms with Crippen molar-refractivity contribution in [1.82, 2.24) is 5.16 Å². The van der Waals surface area contributed by atoms with Crippen LogP contribution in [0.25, 0.3) is 21.8 Å². The number of hydrogen-bond donors (Lipinski definition) is 1. The molecular weight excluding hydrogens is 279 g/mol. The van der Waals surface area contributed by atoms with Crippen LogP contribution in [0.1, 0.15) is 0 Å². The fourth-order valence-corrected chi connectivity index (χ4v) is 2.73. The maximum Gasteiger partial charge on any atom is 0.180 e. The molecular formula is C14H11FN2O2S. The number of thiophene rings is 1. The lowest BCUT2D eigenvalue weighted by Gasteiger charge is -2.04. The highest BCUT2D eigenvalue weighted by molar-refractivity contribution is 7.13. The molecule has 0 radical (unpaired) electrons. The number of hydrogen-bond acceptors (Lipinski definition) is 5. The minimum atomic E-state index is -0.446. The topological polar surface area (TPSA) is 61.3 Å². The number of rotatable bonds is 3. The molecule has 0 bridgehead atoms. The molecule has 0 amide bonds. The fraction of sp³-hybridized carbons (Fsp3) is 0.0714. The number of benzene rings is 1. The lowest BCUT2D eigenvalue weighted by atomic mass is 10.1. The number of ether oxygens (including phenoxy) is 1. The first-order valence-corrected chi connectivity index (χ1v) is 6.71. The molecule has 3 rings (SSSR count). The normalized spacial score (nSPS) is 10.7. The second-order valence-electron chi connectivity index (χ2n) is 4.10. The highest BCUT2D eigenvalue weighted by Crippen LogP contribution is 2.40. The van der Waals surface area contributed by atoms with Crippen molar-refractivity contribution in [3.63, 3.8) is 0 Å². The highest BCUT2D eigenvalue weighted by Gasteiger charge is 2.21. The number of methoxy groups -OCH3 is 1. The number of anilines is 1. The van der Waals surface area contributed by atoms with Gasteiger partial charge >= 0.3 is 0 Å². The smallest absolute Gasteiger partial charge is 0.180 e. The van der Waals surface area contributed by atoms with E-state index in [0.717, 1.165) is 4.88 Å². The van der Waals surface area contributed by atoms with Crippen LogP contribution in [0.5, 0.6) is 5.75 Å². The number of aromatic nitrogens is 1. The number of halogens is 1. The molecule has 0 aliphatic carbocycles. The first kappa shape index (κ1) is 12.7. The summed E-state index contributed by atoms with van der Waals surface area (Å²) in [5, 5.41) is 5.66. The molecule has 4 nitrogen and oxygen atoms in total. The summed E-state index contributed by atoms with van der Waals surface area (Å²) in [5.74, 6) is 0.567. The molecule has 6 heteroatoms. The number of nitrogens with zero attached hydrogens (tertiary/aromatic N) is 1. The molecule has 0 unspecified atom stereocenters. The minimum Gasteiger partial charge on any atom is -0.497 e. The molecule has 0 spiro atoms. The monoisotopic (exact) mass is 290 g/mol.